The summed E-state index contributed by atoms with van der Waals surface area (Å²) in [5.41, 5.74) is -0.430. The fourth-order valence-electron chi connectivity index (χ4n) is 3.11. The summed E-state index contributed by atoms with van der Waals surface area (Å²) < 4.78 is 0. The van der Waals surface area contributed by atoms with Gasteiger partial charge in [-0.3, -0.25) is 9.59 Å². The van der Waals surface area contributed by atoms with Gasteiger partial charge in [-0.25, -0.2) is 0 Å². The SMILES string of the molecule is CCC1(C(=O)N2CCC[C@@H](C(=O)O)C2)CCCN1. The molecule has 2 N–H and O–H groups in total. The molecule has 0 aliphatic carbocycles. The molecule has 0 saturated carbocycles. The van der Waals surface area contributed by atoms with Crippen LogP contribution in [0.2, 0.25) is 0 Å². The molecule has 2 rings (SSSR count). The third kappa shape index (κ3) is 2.36. The van der Waals surface area contributed by atoms with Crippen molar-refractivity contribution in [3.8, 4) is 0 Å². The number of nitrogens with zero attached hydrogens (tertiary/aromatic N) is 1. The van der Waals surface area contributed by atoms with E-state index in [4.69, 9.17) is 5.11 Å². The number of carbonyl (C=O) groups is 2. The summed E-state index contributed by atoms with van der Waals surface area (Å²) in [5, 5.41) is 12.4. The van der Waals surface area contributed by atoms with Crippen molar-refractivity contribution < 1.29 is 14.7 Å². The zero-order valence-corrected chi connectivity index (χ0v) is 10.9. The fourth-order valence-corrected chi connectivity index (χ4v) is 3.11. The molecule has 5 heteroatoms. The molecular weight excluding hydrogens is 232 g/mol. The first kappa shape index (κ1) is 13.3. The van der Waals surface area contributed by atoms with E-state index < -0.39 is 17.4 Å². The molecule has 2 aliphatic heterocycles. The molecule has 1 unspecified atom stereocenters. The van der Waals surface area contributed by atoms with Gasteiger partial charge in [0.2, 0.25) is 5.91 Å². The highest BCUT2D eigenvalue weighted by molar-refractivity contribution is 5.87. The lowest BCUT2D eigenvalue weighted by molar-refractivity contribution is -0.147. The van der Waals surface area contributed by atoms with Crippen LogP contribution in [0, 0.1) is 5.92 Å². The van der Waals surface area contributed by atoms with Gasteiger partial charge in [0, 0.05) is 13.1 Å². The lowest BCUT2D eigenvalue weighted by Crippen LogP contribution is -2.57. The second-order valence-electron chi connectivity index (χ2n) is 5.39. The first-order chi connectivity index (χ1) is 8.59. The molecule has 0 aromatic heterocycles. The number of piperidine rings is 1. The van der Waals surface area contributed by atoms with Crippen LogP contribution >= 0.6 is 0 Å². The molecule has 2 saturated heterocycles. The van der Waals surface area contributed by atoms with Gasteiger partial charge in [0.1, 0.15) is 0 Å². The van der Waals surface area contributed by atoms with Gasteiger partial charge in [0.25, 0.3) is 0 Å². The van der Waals surface area contributed by atoms with E-state index in [1.165, 1.54) is 0 Å². The van der Waals surface area contributed by atoms with Crippen molar-refractivity contribution in [3.63, 3.8) is 0 Å². The molecule has 2 fully saturated rings. The summed E-state index contributed by atoms with van der Waals surface area (Å²) >= 11 is 0. The molecule has 5 nitrogen and oxygen atoms in total. The van der Waals surface area contributed by atoms with E-state index in [0.29, 0.717) is 19.5 Å². The largest absolute Gasteiger partial charge is 0.481 e. The highest BCUT2D eigenvalue weighted by Gasteiger charge is 2.43. The summed E-state index contributed by atoms with van der Waals surface area (Å²) in [7, 11) is 0. The van der Waals surface area contributed by atoms with Crippen LogP contribution in [0.15, 0.2) is 0 Å². The van der Waals surface area contributed by atoms with Crippen LogP contribution in [0.5, 0.6) is 0 Å². The Morgan fingerprint density at radius 3 is 2.78 bits per heavy atom. The Bertz CT molecular complexity index is 337. The second kappa shape index (κ2) is 5.26. The monoisotopic (exact) mass is 254 g/mol. The van der Waals surface area contributed by atoms with Gasteiger partial charge in [-0.15, -0.1) is 0 Å². The molecule has 2 aliphatic rings. The van der Waals surface area contributed by atoms with Crippen LogP contribution in [-0.4, -0.2) is 47.1 Å². The normalized spacial score (nSPS) is 32.5. The summed E-state index contributed by atoms with van der Waals surface area (Å²) in [6.07, 6.45) is 4.15. The van der Waals surface area contributed by atoms with E-state index in [1.807, 2.05) is 6.92 Å². The summed E-state index contributed by atoms with van der Waals surface area (Å²) in [5.74, 6) is -1.07. The highest BCUT2D eigenvalue weighted by atomic mass is 16.4. The second-order valence-corrected chi connectivity index (χ2v) is 5.39. The molecule has 0 spiro atoms. The van der Waals surface area contributed by atoms with Crippen molar-refractivity contribution >= 4 is 11.9 Å². The maximum atomic E-state index is 12.6. The molecule has 0 aromatic carbocycles. The molecule has 0 bridgehead atoms. The number of carboxylic acids is 1. The van der Waals surface area contributed by atoms with Crippen molar-refractivity contribution in [2.24, 2.45) is 5.92 Å². The number of hydrogen-bond donors (Lipinski definition) is 2. The number of carboxylic acid groups (broad SMARTS) is 1. The number of likely N-dealkylation sites (tertiary alicyclic amines) is 1. The van der Waals surface area contributed by atoms with Crippen LogP contribution in [0.4, 0.5) is 0 Å². The van der Waals surface area contributed by atoms with Gasteiger partial charge in [0.05, 0.1) is 11.5 Å². The molecular formula is C13H22N2O3. The molecule has 1 amide bonds. The van der Waals surface area contributed by atoms with Crippen molar-refractivity contribution in [2.75, 3.05) is 19.6 Å². The average molecular weight is 254 g/mol. The van der Waals surface area contributed by atoms with Crippen molar-refractivity contribution in [3.05, 3.63) is 0 Å². The van der Waals surface area contributed by atoms with Gasteiger partial charge in [-0.1, -0.05) is 6.92 Å². The molecule has 0 aromatic rings. The number of rotatable bonds is 3. The van der Waals surface area contributed by atoms with Crippen LogP contribution in [0.3, 0.4) is 0 Å². The Labute approximate surface area is 108 Å². The molecule has 2 atom stereocenters. The Hall–Kier alpha value is -1.10. The first-order valence-electron chi connectivity index (χ1n) is 6.86. The Morgan fingerprint density at radius 1 is 1.44 bits per heavy atom. The summed E-state index contributed by atoms with van der Waals surface area (Å²) in [4.78, 5) is 25.4. The number of carbonyl (C=O) groups excluding carboxylic acids is 1. The number of nitrogens with one attached hydrogen (secondary N) is 1. The highest BCUT2D eigenvalue weighted by Crippen LogP contribution is 2.28. The van der Waals surface area contributed by atoms with Gasteiger partial charge < -0.3 is 15.3 Å². The van der Waals surface area contributed by atoms with Crippen LogP contribution in [-0.2, 0) is 9.59 Å². The standard InChI is InChI=1S/C13H22N2O3/c1-2-13(6-4-7-14-13)12(18)15-8-3-5-10(9-15)11(16)17/h10,14H,2-9H2,1H3,(H,16,17)/t10-,13?/m1/s1. The third-order valence-electron chi connectivity index (χ3n) is 4.31. The van der Waals surface area contributed by atoms with Crippen molar-refractivity contribution in [1.29, 1.82) is 0 Å². The van der Waals surface area contributed by atoms with E-state index in [9.17, 15) is 9.59 Å². The minimum absolute atomic E-state index is 0.105. The predicted molar refractivity (Wildman–Crippen MR) is 67.2 cm³/mol. The van der Waals surface area contributed by atoms with Gasteiger partial charge in [-0.05, 0) is 38.6 Å². The van der Waals surface area contributed by atoms with E-state index in [-0.39, 0.29) is 5.91 Å². The number of amides is 1. The van der Waals surface area contributed by atoms with Crippen molar-refractivity contribution in [2.45, 2.75) is 44.6 Å². The number of hydrogen-bond acceptors (Lipinski definition) is 3. The Morgan fingerprint density at radius 2 is 2.22 bits per heavy atom. The van der Waals surface area contributed by atoms with Crippen LogP contribution in [0.1, 0.15) is 39.0 Å². The van der Waals surface area contributed by atoms with Gasteiger partial charge in [-0.2, -0.15) is 0 Å². The zero-order valence-electron chi connectivity index (χ0n) is 10.9. The lowest BCUT2D eigenvalue weighted by Gasteiger charge is -2.37. The summed E-state index contributed by atoms with van der Waals surface area (Å²) in [6, 6.07) is 0. The minimum atomic E-state index is -0.780. The summed E-state index contributed by atoms with van der Waals surface area (Å²) in [6.45, 7) is 3.98. The zero-order chi connectivity index (χ0) is 13.2. The average Bonchev–Trinajstić information content (AvgIpc) is 2.88. The first-order valence-corrected chi connectivity index (χ1v) is 6.86. The minimum Gasteiger partial charge on any atom is -0.481 e. The maximum absolute atomic E-state index is 12.6. The van der Waals surface area contributed by atoms with E-state index in [0.717, 1.165) is 32.2 Å². The van der Waals surface area contributed by atoms with Crippen LogP contribution in [0.25, 0.3) is 0 Å². The van der Waals surface area contributed by atoms with Crippen molar-refractivity contribution in [1.82, 2.24) is 10.2 Å². The fraction of sp³-hybridized carbons (Fsp3) is 0.846. The molecule has 0 radical (unpaired) electrons. The number of aliphatic carboxylic acids is 1. The Balaban J connectivity index is 2.06. The van der Waals surface area contributed by atoms with E-state index >= 15 is 0 Å². The lowest BCUT2D eigenvalue weighted by atomic mass is 9.90. The topological polar surface area (TPSA) is 69.6 Å². The maximum Gasteiger partial charge on any atom is 0.308 e. The van der Waals surface area contributed by atoms with E-state index in [1.54, 1.807) is 4.90 Å². The van der Waals surface area contributed by atoms with Crippen LogP contribution < -0.4 is 5.32 Å². The molecule has 2 heterocycles. The van der Waals surface area contributed by atoms with Gasteiger partial charge >= 0.3 is 5.97 Å². The van der Waals surface area contributed by atoms with Gasteiger partial charge in [0.15, 0.2) is 0 Å². The molecule has 102 valence electrons. The van der Waals surface area contributed by atoms with E-state index in [2.05, 4.69) is 5.32 Å². The molecule has 18 heavy (non-hydrogen) atoms. The Kier molecular flexibility index (Phi) is 3.90. The third-order valence-corrected chi connectivity index (χ3v) is 4.31. The predicted octanol–water partition coefficient (Wildman–Crippen LogP) is 0.842. The smallest absolute Gasteiger partial charge is 0.308 e. The quantitative estimate of drug-likeness (QED) is 0.783.